The van der Waals surface area contributed by atoms with E-state index in [1.807, 2.05) is 0 Å². The zero-order valence-corrected chi connectivity index (χ0v) is 7.80. The number of nitro benzene ring substituents is 1. The van der Waals surface area contributed by atoms with E-state index in [0.29, 0.717) is 5.56 Å². The average molecular weight is 196 g/mol. The van der Waals surface area contributed by atoms with Crippen LogP contribution in [0, 0.1) is 17.0 Å². The minimum absolute atomic E-state index is 0.00509. The lowest BCUT2D eigenvalue weighted by atomic mass is 10.0. The second-order valence-corrected chi connectivity index (χ2v) is 3.09. The number of non-ortho nitro benzene ring substituents is 1. The van der Waals surface area contributed by atoms with Gasteiger partial charge in [0.05, 0.1) is 17.6 Å². The normalized spacial score (nSPS) is 12.5. The zero-order valence-electron chi connectivity index (χ0n) is 7.80. The summed E-state index contributed by atoms with van der Waals surface area (Å²) >= 11 is 0. The maximum absolute atomic E-state index is 10.5. The van der Waals surface area contributed by atoms with E-state index in [4.69, 9.17) is 10.8 Å². The molecule has 1 aromatic carbocycles. The molecule has 0 heterocycles. The molecule has 76 valence electrons. The molecule has 1 rings (SSSR count). The fourth-order valence-electron chi connectivity index (χ4n) is 1.24. The van der Waals surface area contributed by atoms with Crippen LogP contribution in [0.1, 0.15) is 17.2 Å². The van der Waals surface area contributed by atoms with E-state index in [-0.39, 0.29) is 12.3 Å². The molecule has 5 heteroatoms. The second kappa shape index (κ2) is 4.17. The number of aliphatic hydroxyl groups excluding tert-OH is 1. The molecule has 0 aliphatic rings. The molecular weight excluding hydrogens is 184 g/mol. The van der Waals surface area contributed by atoms with Gasteiger partial charge in [0.25, 0.3) is 5.69 Å². The molecule has 0 saturated carbocycles. The van der Waals surface area contributed by atoms with Crippen molar-refractivity contribution in [3.05, 3.63) is 39.4 Å². The van der Waals surface area contributed by atoms with Crippen LogP contribution in [0.15, 0.2) is 18.2 Å². The summed E-state index contributed by atoms with van der Waals surface area (Å²) in [5.74, 6) is 0. The molecule has 0 aliphatic heterocycles. The lowest BCUT2D eigenvalue weighted by Crippen LogP contribution is -2.15. The summed E-state index contributed by atoms with van der Waals surface area (Å²) in [5, 5.41) is 19.3. The Bertz CT molecular complexity index is 352. The van der Waals surface area contributed by atoms with Gasteiger partial charge in [-0.3, -0.25) is 10.1 Å². The Hall–Kier alpha value is -1.46. The SMILES string of the molecule is Cc1ccc([N+](=O)[O-])cc1C(N)CO. The number of hydrogen-bond donors (Lipinski definition) is 2. The maximum Gasteiger partial charge on any atom is 0.269 e. The van der Waals surface area contributed by atoms with Crippen LogP contribution in [-0.4, -0.2) is 16.6 Å². The molecule has 0 saturated heterocycles. The minimum atomic E-state index is -0.560. The van der Waals surface area contributed by atoms with Crippen molar-refractivity contribution >= 4 is 5.69 Å². The largest absolute Gasteiger partial charge is 0.394 e. The van der Waals surface area contributed by atoms with E-state index < -0.39 is 11.0 Å². The summed E-state index contributed by atoms with van der Waals surface area (Å²) in [6.07, 6.45) is 0. The molecule has 1 unspecified atom stereocenters. The third-order valence-electron chi connectivity index (χ3n) is 2.07. The average Bonchev–Trinajstić information content (AvgIpc) is 2.17. The summed E-state index contributed by atoms with van der Waals surface area (Å²) in [6, 6.07) is 3.89. The van der Waals surface area contributed by atoms with E-state index in [2.05, 4.69) is 0 Å². The Kier molecular flexibility index (Phi) is 3.16. The Morgan fingerprint density at radius 2 is 2.29 bits per heavy atom. The first-order chi connectivity index (χ1) is 6.56. The van der Waals surface area contributed by atoms with E-state index in [1.165, 1.54) is 12.1 Å². The third kappa shape index (κ3) is 2.07. The molecule has 0 bridgehead atoms. The first-order valence-electron chi connectivity index (χ1n) is 4.17. The van der Waals surface area contributed by atoms with Crippen LogP contribution in [0.25, 0.3) is 0 Å². The molecule has 14 heavy (non-hydrogen) atoms. The summed E-state index contributed by atoms with van der Waals surface area (Å²) in [5.41, 5.74) is 7.04. The van der Waals surface area contributed by atoms with Gasteiger partial charge in [0.15, 0.2) is 0 Å². The third-order valence-corrected chi connectivity index (χ3v) is 2.07. The van der Waals surface area contributed by atoms with Crippen LogP contribution in [-0.2, 0) is 0 Å². The van der Waals surface area contributed by atoms with Crippen molar-refractivity contribution in [2.75, 3.05) is 6.61 Å². The van der Waals surface area contributed by atoms with Gasteiger partial charge < -0.3 is 10.8 Å². The number of aliphatic hydroxyl groups is 1. The molecule has 0 aromatic heterocycles. The molecule has 0 spiro atoms. The predicted octanol–water partition coefficient (Wildman–Crippen LogP) is 0.895. The molecule has 0 radical (unpaired) electrons. The highest BCUT2D eigenvalue weighted by molar-refractivity contribution is 5.40. The molecule has 1 atom stereocenters. The predicted molar refractivity (Wildman–Crippen MR) is 51.8 cm³/mol. The fraction of sp³-hybridized carbons (Fsp3) is 0.333. The number of nitrogens with two attached hydrogens (primary N) is 1. The molecule has 5 nitrogen and oxygen atoms in total. The van der Waals surface area contributed by atoms with Crippen LogP contribution in [0.4, 0.5) is 5.69 Å². The van der Waals surface area contributed by atoms with Gasteiger partial charge in [0.1, 0.15) is 0 Å². The Morgan fingerprint density at radius 1 is 1.64 bits per heavy atom. The van der Waals surface area contributed by atoms with Crippen LogP contribution in [0.2, 0.25) is 0 Å². The van der Waals surface area contributed by atoms with Crippen molar-refractivity contribution in [3.8, 4) is 0 Å². The second-order valence-electron chi connectivity index (χ2n) is 3.09. The highest BCUT2D eigenvalue weighted by atomic mass is 16.6. The topological polar surface area (TPSA) is 89.4 Å². The van der Waals surface area contributed by atoms with Crippen molar-refractivity contribution in [1.82, 2.24) is 0 Å². The number of benzene rings is 1. The first-order valence-corrected chi connectivity index (χ1v) is 4.17. The van der Waals surface area contributed by atoms with E-state index in [9.17, 15) is 10.1 Å². The van der Waals surface area contributed by atoms with Crippen molar-refractivity contribution in [2.45, 2.75) is 13.0 Å². The number of nitro groups is 1. The van der Waals surface area contributed by atoms with Crippen molar-refractivity contribution in [1.29, 1.82) is 0 Å². The summed E-state index contributed by atoms with van der Waals surface area (Å²) < 4.78 is 0. The molecular formula is C9H12N2O3. The maximum atomic E-state index is 10.5. The van der Waals surface area contributed by atoms with E-state index in [1.54, 1.807) is 13.0 Å². The van der Waals surface area contributed by atoms with Gasteiger partial charge in [-0.05, 0) is 18.1 Å². The quantitative estimate of drug-likeness (QED) is 0.555. The van der Waals surface area contributed by atoms with Crippen LogP contribution in [0.3, 0.4) is 0 Å². The number of hydrogen-bond acceptors (Lipinski definition) is 4. The van der Waals surface area contributed by atoms with Crippen molar-refractivity contribution < 1.29 is 10.0 Å². The molecule has 0 amide bonds. The van der Waals surface area contributed by atoms with Crippen LogP contribution < -0.4 is 5.73 Å². The first kappa shape index (κ1) is 10.6. The van der Waals surface area contributed by atoms with Crippen LogP contribution in [0.5, 0.6) is 0 Å². The molecule has 1 aromatic rings. The Morgan fingerprint density at radius 3 is 2.79 bits per heavy atom. The Balaban J connectivity index is 3.14. The number of aryl methyl sites for hydroxylation is 1. The molecule has 0 fully saturated rings. The summed E-state index contributed by atoms with van der Waals surface area (Å²) in [4.78, 5) is 10.00. The standard InChI is InChI=1S/C9H12N2O3/c1-6-2-3-7(11(13)14)4-8(6)9(10)5-12/h2-4,9,12H,5,10H2,1H3. The Labute approximate surface area is 81.3 Å². The molecule has 0 aliphatic carbocycles. The molecule has 3 N–H and O–H groups in total. The fourth-order valence-corrected chi connectivity index (χ4v) is 1.24. The van der Waals surface area contributed by atoms with Gasteiger partial charge in [-0.2, -0.15) is 0 Å². The van der Waals surface area contributed by atoms with Gasteiger partial charge >= 0.3 is 0 Å². The van der Waals surface area contributed by atoms with Gasteiger partial charge in [-0.25, -0.2) is 0 Å². The van der Waals surface area contributed by atoms with Gasteiger partial charge in [0.2, 0.25) is 0 Å². The van der Waals surface area contributed by atoms with Crippen LogP contribution >= 0.6 is 0 Å². The highest BCUT2D eigenvalue weighted by Crippen LogP contribution is 2.21. The van der Waals surface area contributed by atoms with E-state index in [0.717, 1.165) is 5.56 Å². The number of rotatable bonds is 3. The lowest BCUT2D eigenvalue weighted by molar-refractivity contribution is -0.384. The zero-order chi connectivity index (χ0) is 10.7. The number of nitrogens with zero attached hydrogens (tertiary/aromatic N) is 1. The van der Waals surface area contributed by atoms with Gasteiger partial charge in [-0.15, -0.1) is 0 Å². The van der Waals surface area contributed by atoms with Gasteiger partial charge in [0, 0.05) is 12.1 Å². The lowest BCUT2D eigenvalue weighted by Gasteiger charge is -2.11. The van der Waals surface area contributed by atoms with Crippen molar-refractivity contribution in [3.63, 3.8) is 0 Å². The summed E-state index contributed by atoms with van der Waals surface area (Å²) in [6.45, 7) is 1.58. The highest BCUT2D eigenvalue weighted by Gasteiger charge is 2.13. The van der Waals surface area contributed by atoms with Crippen molar-refractivity contribution in [2.24, 2.45) is 5.73 Å². The monoisotopic (exact) mass is 196 g/mol. The summed E-state index contributed by atoms with van der Waals surface area (Å²) in [7, 11) is 0. The van der Waals surface area contributed by atoms with Gasteiger partial charge in [-0.1, -0.05) is 6.07 Å². The minimum Gasteiger partial charge on any atom is -0.394 e. The van der Waals surface area contributed by atoms with E-state index >= 15 is 0 Å². The smallest absolute Gasteiger partial charge is 0.269 e.